The Hall–Kier alpha value is 0.520. The fourth-order valence-electron chi connectivity index (χ4n) is 1.01. The molecule has 1 aliphatic heterocycles. The molecule has 10 heavy (non-hydrogen) atoms. The Kier molecular flexibility index (Phi) is 1.18. The molecular formula is C6H4Cl3P. The molecule has 0 atom stereocenters. The van der Waals surface area contributed by atoms with Gasteiger partial charge in [0.05, 0.1) is 0 Å². The molecule has 0 unspecified atom stereocenters. The van der Waals surface area contributed by atoms with Gasteiger partial charge >= 0.3 is 73.3 Å². The van der Waals surface area contributed by atoms with Gasteiger partial charge in [0.15, 0.2) is 0 Å². The van der Waals surface area contributed by atoms with Crippen LogP contribution in [0.1, 0.15) is 0 Å². The van der Waals surface area contributed by atoms with E-state index in [0.717, 1.165) is 10.6 Å². The number of hydrogen-bond acceptors (Lipinski definition) is 0. The number of rotatable bonds is 0. The summed E-state index contributed by atoms with van der Waals surface area (Å²) in [4.78, 5) is 0. The summed E-state index contributed by atoms with van der Waals surface area (Å²) in [6, 6.07) is 7.53. The molecule has 4 heteroatoms. The Balaban J connectivity index is 2.66. The number of hydrogen-bond donors (Lipinski definition) is 0. The zero-order valence-corrected chi connectivity index (χ0v) is 8.05. The summed E-state index contributed by atoms with van der Waals surface area (Å²) in [5.41, 5.74) is 0. The van der Waals surface area contributed by atoms with Crippen LogP contribution in [0.2, 0.25) is 0 Å². The second-order valence-electron chi connectivity index (χ2n) is 2.30. The van der Waals surface area contributed by atoms with E-state index in [1.54, 1.807) is 0 Å². The molecule has 0 nitrogen and oxygen atoms in total. The van der Waals surface area contributed by atoms with Crippen molar-refractivity contribution in [2.24, 2.45) is 0 Å². The Morgan fingerprint density at radius 2 is 1.30 bits per heavy atom. The van der Waals surface area contributed by atoms with Crippen LogP contribution in [0.15, 0.2) is 24.3 Å². The summed E-state index contributed by atoms with van der Waals surface area (Å²) in [7, 11) is 0. The fourth-order valence-corrected chi connectivity index (χ4v) is 5.68. The second-order valence-corrected chi connectivity index (χ2v) is 12.5. The zero-order valence-electron chi connectivity index (χ0n) is 4.89. The van der Waals surface area contributed by atoms with Crippen LogP contribution >= 0.6 is 38.4 Å². The van der Waals surface area contributed by atoms with Gasteiger partial charge in [-0.15, -0.1) is 0 Å². The Morgan fingerprint density at radius 1 is 0.900 bits per heavy atom. The Bertz CT molecular complexity index is 272. The number of benzene rings is 1. The molecule has 0 fully saturated rings. The van der Waals surface area contributed by atoms with Gasteiger partial charge < -0.3 is 0 Å². The number of halogens is 3. The molecular weight excluding hydrogens is 209 g/mol. The monoisotopic (exact) mass is 212 g/mol. The molecule has 0 radical (unpaired) electrons. The van der Waals surface area contributed by atoms with Crippen LogP contribution in [-0.4, -0.2) is 0 Å². The van der Waals surface area contributed by atoms with Crippen LogP contribution in [0.5, 0.6) is 0 Å². The van der Waals surface area contributed by atoms with Crippen LogP contribution in [0.4, 0.5) is 0 Å². The maximum atomic E-state index is 5.95. The molecule has 2 rings (SSSR count). The molecule has 1 aromatic carbocycles. The van der Waals surface area contributed by atoms with Crippen molar-refractivity contribution in [1.82, 2.24) is 0 Å². The quantitative estimate of drug-likeness (QED) is 0.581. The molecule has 0 aromatic heterocycles. The Morgan fingerprint density at radius 3 is 1.60 bits per heavy atom. The number of fused-ring (bicyclic) bond motifs is 1. The second kappa shape index (κ2) is 1.64. The van der Waals surface area contributed by atoms with Gasteiger partial charge in [-0.2, -0.15) is 0 Å². The van der Waals surface area contributed by atoms with Crippen molar-refractivity contribution < 1.29 is 0 Å². The molecule has 1 aromatic rings. The van der Waals surface area contributed by atoms with E-state index in [-0.39, 0.29) is 0 Å². The summed E-state index contributed by atoms with van der Waals surface area (Å²) in [5, 5.41) is 1.86. The minimum absolute atomic E-state index is 0.929. The molecule has 54 valence electrons. The molecule has 0 amide bonds. The maximum absolute atomic E-state index is 5.95. The van der Waals surface area contributed by atoms with E-state index in [0.29, 0.717) is 0 Å². The van der Waals surface area contributed by atoms with Crippen molar-refractivity contribution in [3.05, 3.63) is 24.3 Å². The minimum atomic E-state index is -2.94. The van der Waals surface area contributed by atoms with Crippen molar-refractivity contribution in [2.75, 3.05) is 0 Å². The van der Waals surface area contributed by atoms with E-state index in [9.17, 15) is 0 Å². The van der Waals surface area contributed by atoms with Crippen molar-refractivity contribution in [3.63, 3.8) is 0 Å². The van der Waals surface area contributed by atoms with Gasteiger partial charge in [0.2, 0.25) is 0 Å². The van der Waals surface area contributed by atoms with Gasteiger partial charge in [-0.05, 0) is 0 Å². The summed E-state index contributed by atoms with van der Waals surface area (Å²) in [6.45, 7) is 0. The van der Waals surface area contributed by atoms with E-state index in [4.69, 9.17) is 33.7 Å². The molecule has 0 saturated carbocycles. The molecule has 1 aliphatic rings. The third-order valence-electron chi connectivity index (χ3n) is 1.62. The van der Waals surface area contributed by atoms with Crippen LogP contribution in [0.3, 0.4) is 0 Å². The van der Waals surface area contributed by atoms with Crippen LogP contribution in [0.25, 0.3) is 0 Å². The average Bonchev–Trinajstić information content (AvgIpc) is 2.32. The molecule has 0 saturated heterocycles. The zero-order chi connectivity index (χ0) is 7.43. The summed E-state index contributed by atoms with van der Waals surface area (Å²) in [6.07, 6.45) is 0. The summed E-state index contributed by atoms with van der Waals surface area (Å²) < 4.78 is -2.94. The van der Waals surface area contributed by atoms with Crippen LogP contribution in [-0.2, 0) is 0 Å². The van der Waals surface area contributed by atoms with E-state index < -0.39 is 4.66 Å². The summed E-state index contributed by atoms with van der Waals surface area (Å²) in [5.74, 6) is 0. The molecule has 0 N–H and O–H groups in total. The standard InChI is InChI=1S/C6H4Cl3P/c7-10(8,9)5-3-1-2-4-6(5)10/h1-4H. The van der Waals surface area contributed by atoms with Crippen LogP contribution in [0, 0.1) is 0 Å². The summed E-state index contributed by atoms with van der Waals surface area (Å²) >= 11 is 17.9. The predicted octanol–water partition coefficient (Wildman–Crippen LogP) is 2.97. The molecule has 0 spiro atoms. The van der Waals surface area contributed by atoms with E-state index in [1.807, 2.05) is 24.3 Å². The van der Waals surface area contributed by atoms with Gasteiger partial charge in [-0.3, -0.25) is 0 Å². The van der Waals surface area contributed by atoms with Crippen molar-refractivity contribution in [3.8, 4) is 0 Å². The first-order valence-corrected chi connectivity index (χ1v) is 7.73. The normalized spacial score (nSPS) is 27.7. The first kappa shape index (κ1) is 7.18. The third kappa shape index (κ3) is 0.740. The molecule has 0 bridgehead atoms. The third-order valence-corrected chi connectivity index (χ3v) is 7.03. The van der Waals surface area contributed by atoms with Gasteiger partial charge in [0, 0.05) is 0 Å². The topological polar surface area (TPSA) is 0 Å². The molecule has 1 heterocycles. The molecule has 0 aliphatic carbocycles. The first-order valence-electron chi connectivity index (χ1n) is 2.78. The van der Waals surface area contributed by atoms with Crippen LogP contribution < -0.4 is 10.6 Å². The predicted molar refractivity (Wildman–Crippen MR) is 50.2 cm³/mol. The van der Waals surface area contributed by atoms with E-state index >= 15 is 0 Å². The first-order chi connectivity index (χ1) is 4.51. The van der Waals surface area contributed by atoms with Crippen molar-refractivity contribution in [1.29, 1.82) is 0 Å². The Labute approximate surface area is 73.4 Å². The van der Waals surface area contributed by atoms with Crippen molar-refractivity contribution >= 4 is 49.0 Å². The van der Waals surface area contributed by atoms with Crippen molar-refractivity contribution in [2.45, 2.75) is 0 Å². The van der Waals surface area contributed by atoms with E-state index in [1.165, 1.54) is 0 Å². The average molecular weight is 213 g/mol. The SMILES string of the molecule is ClP1(Cl)(Cl)c2ccccc21. The van der Waals surface area contributed by atoms with E-state index in [2.05, 4.69) is 0 Å². The fraction of sp³-hybridized carbons (Fsp3) is 0. The van der Waals surface area contributed by atoms with Gasteiger partial charge in [0.1, 0.15) is 0 Å². The van der Waals surface area contributed by atoms with Gasteiger partial charge in [-0.1, -0.05) is 0 Å². The van der Waals surface area contributed by atoms with Gasteiger partial charge in [-0.25, -0.2) is 0 Å². The van der Waals surface area contributed by atoms with Gasteiger partial charge in [0.25, 0.3) is 0 Å².